The number of amides is 1. The summed E-state index contributed by atoms with van der Waals surface area (Å²) in [4.78, 5) is 24.1. The van der Waals surface area contributed by atoms with Crippen LogP contribution < -0.4 is 10.0 Å². The predicted molar refractivity (Wildman–Crippen MR) is 158 cm³/mol. The highest BCUT2D eigenvalue weighted by Gasteiger charge is 2.34. The molecule has 1 amide bonds. The molecule has 8 nitrogen and oxygen atoms in total. The number of aliphatic hydroxyl groups is 1. The van der Waals surface area contributed by atoms with Crippen LogP contribution in [0.25, 0.3) is 0 Å². The van der Waals surface area contributed by atoms with Crippen molar-refractivity contribution in [3.63, 3.8) is 0 Å². The Hall–Kier alpha value is -2.75. The predicted octanol–water partition coefficient (Wildman–Crippen LogP) is 6.27. The SMILES string of the molecule is CCCCCCCCCCCCCCOC(=O)[C@@H](NS(=O)(=O)c1ccc(NC(C)=O)cc1)[C@H](O)c1ccccc1. The van der Waals surface area contributed by atoms with E-state index in [2.05, 4.69) is 17.0 Å². The molecule has 0 fully saturated rings. The normalized spacial score (nSPS) is 13.0. The van der Waals surface area contributed by atoms with Crippen molar-refractivity contribution in [1.29, 1.82) is 0 Å². The van der Waals surface area contributed by atoms with E-state index in [0.29, 0.717) is 17.7 Å². The number of sulfonamides is 1. The van der Waals surface area contributed by atoms with Crippen LogP contribution in [0.5, 0.6) is 0 Å². The Bertz CT molecular complexity index is 1110. The Morgan fingerprint density at radius 2 is 1.32 bits per heavy atom. The smallest absolute Gasteiger partial charge is 0.327 e. The summed E-state index contributed by atoms with van der Waals surface area (Å²) in [5.41, 5.74) is 0.827. The molecule has 222 valence electrons. The summed E-state index contributed by atoms with van der Waals surface area (Å²) in [6.07, 6.45) is 12.7. The maximum Gasteiger partial charge on any atom is 0.327 e. The van der Waals surface area contributed by atoms with E-state index in [4.69, 9.17) is 4.74 Å². The molecule has 2 rings (SSSR count). The fourth-order valence-corrected chi connectivity index (χ4v) is 5.64. The average molecular weight is 575 g/mol. The molecule has 0 radical (unpaired) electrons. The lowest BCUT2D eigenvalue weighted by Gasteiger charge is -2.23. The van der Waals surface area contributed by atoms with Crippen LogP contribution in [0, 0.1) is 0 Å². The number of esters is 1. The highest BCUT2D eigenvalue weighted by molar-refractivity contribution is 7.89. The Balaban J connectivity index is 1.87. The van der Waals surface area contributed by atoms with Gasteiger partial charge in [0.2, 0.25) is 15.9 Å². The molecule has 0 aliphatic carbocycles. The van der Waals surface area contributed by atoms with E-state index in [1.165, 1.54) is 82.6 Å². The molecule has 0 saturated carbocycles. The van der Waals surface area contributed by atoms with Crippen LogP contribution >= 0.6 is 0 Å². The zero-order valence-electron chi connectivity index (χ0n) is 23.9. The van der Waals surface area contributed by atoms with E-state index in [1.54, 1.807) is 30.3 Å². The number of carbonyl (C=O) groups excluding carboxylic acids is 2. The number of ether oxygens (including phenoxy) is 1. The van der Waals surface area contributed by atoms with Crippen LogP contribution in [-0.2, 0) is 24.3 Å². The number of hydrogen-bond acceptors (Lipinski definition) is 6. The first-order valence-electron chi connectivity index (χ1n) is 14.5. The number of anilines is 1. The third kappa shape index (κ3) is 12.6. The standard InChI is InChI=1S/C31H46N2O6S/c1-3-4-5-6-7-8-9-10-11-12-13-17-24-39-31(36)29(30(35)26-18-15-14-16-19-26)33-40(37,38)28-22-20-27(21-23-28)32-25(2)34/h14-16,18-23,29-30,33,35H,3-13,17,24H2,1-2H3,(H,32,34)/t29-,30+/m0/s1. The second-order valence-electron chi connectivity index (χ2n) is 10.2. The zero-order valence-corrected chi connectivity index (χ0v) is 24.8. The Morgan fingerprint density at radius 3 is 1.85 bits per heavy atom. The van der Waals surface area contributed by atoms with Crippen LogP contribution in [0.2, 0.25) is 0 Å². The van der Waals surface area contributed by atoms with E-state index in [-0.39, 0.29) is 17.4 Å². The van der Waals surface area contributed by atoms with Gasteiger partial charge >= 0.3 is 5.97 Å². The van der Waals surface area contributed by atoms with Gasteiger partial charge in [-0.2, -0.15) is 4.72 Å². The number of carbonyl (C=O) groups is 2. The van der Waals surface area contributed by atoms with Crippen molar-refractivity contribution in [2.45, 2.75) is 108 Å². The molecule has 0 heterocycles. The molecule has 0 spiro atoms. The van der Waals surface area contributed by atoms with Crippen molar-refractivity contribution in [1.82, 2.24) is 4.72 Å². The first-order valence-corrected chi connectivity index (χ1v) is 16.0. The topological polar surface area (TPSA) is 122 Å². The van der Waals surface area contributed by atoms with Gasteiger partial charge in [0.05, 0.1) is 11.5 Å². The quantitative estimate of drug-likeness (QED) is 0.127. The summed E-state index contributed by atoms with van der Waals surface area (Å²) >= 11 is 0. The molecule has 0 aliphatic heterocycles. The minimum absolute atomic E-state index is 0.111. The summed E-state index contributed by atoms with van der Waals surface area (Å²) < 4.78 is 33.9. The maximum atomic E-state index is 13.1. The van der Waals surface area contributed by atoms with E-state index in [1.807, 2.05) is 0 Å². The first kappa shape index (κ1) is 33.5. The summed E-state index contributed by atoms with van der Waals surface area (Å²) in [7, 11) is -4.18. The number of unbranched alkanes of at least 4 members (excludes halogenated alkanes) is 11. The minimum Gasteiger partial charge on any atom is -0.464 e. The highest BCUT2D eigenvalue weighted by Crippen LogP contribution is 2.21. The maximum absolute atomic E-state index is 13.1. The molecular formula is C31H46N2O6S. The molecule has 40 heavy (non-hydrogen) atoms. The molecule has 0 unspecified atom stereocenters. The van der Waals surface area contributed by atoms with Gasteiger partial charge < -0.3 is 15.2 Å². The van der Waals surface area contributed by atoms with Crippen LogP contribution in [-0.4, -0.2) is 38.0 Å². The van der Waals surface area contributed by atoms with Crippen molar-refractivity contribution in [3.05, 3.63) is 60.2 Å². The number of rotatable bonds is 20. The van der Waals surface area contributed by atoms with Gasteiger partial charge in [-0.1, -0.05) is 108 Å². The van der Waals surface area contributed by atoms with Crippen LogP contribution in [0.1, 0.15) is 103 Å². The number of nitrogens with one attached hydrogen (secondary N) is 2. The highest BCUT2D eigenvalue weighted by atomic mass is 32.2. The fourth-order valence-electron chi connectivity index (χ4n) is 4.45. The van der Waals surface area contributed by atoms with Crippen molar-refractivity contribution >= 4 is 27.6 Å². The van der Waals surface area contributed by atoms with Gasteiger partial charge in [0.1, 0.15) is 12.1 Å². The van der Waals surface area contributed by atoms with Crippen LogP contribution in [0.15, 0.2) is 59.5 Å². The van der Waals surface area contributed by atoms with E-state index < -0.39 is 28.1 Å². The molecule has 2 aromatic carbocycles. The minimum atomic E-state index is -4.18. The summed E-state index contributed by atoms with van der Waals surface area (Å²) in [6, 6.07) is 12.4. The largest absolute Gasteiger partial charge is 0.464 e. The Morgan fingerprint density at radius 1 is 0.800 bits per heavy atom. The van der Waals surface area contributed by atoms with Gasteiger partial charge in [-0.05, 0) is 36.2 Å². The Labute approximate surface area is 240 Å². The van der Waals surface area contributed by atoms with Crippen molar-refractivity contribution in [2.75, 3.05) is 11.9 Å². The van der Waals surface area contributed by atoms with Crippen LogP contribution in [0.3, 0.4) is 0 Å². The number of aliphatic hydroxyl groups excluding tert-OH is 1. The monoisotopic (exact) mass is 574 g/mol. The molecule has 2 aromatic rings. The van der Waals surface area contributed by atoms with E-state index in [9.17, 15) is 23.1 Å². The Kier molecular flexibility index (Phi) is 15.5. The summed E-state index contributed by atoms with van der Waals surface area (Å²) in [5, 5.41) is 13.5. The third-order valence-electron chi connectivity index (χ3n) is 6.72. The molecule has 0 saturated heterocycles. The second-order valence-corrected chi connectivity index (χ2v) is 11.9. The second kappa shape index (κ2) is 18.6. The lowest BCUT2D eigenvalue weighted by atomic mass is 10.0. The molecule has 2 atom stereocenters. The fraction of sp³-hybridized carbons (Fsp3) is 0.548. The molecule has 9 heteroatoms. The van der Waals surface area contributed by atoms with Gasteiger partial charge in [-0.15, -0.1) is 0 Å². The number of benzene rings is 2. The lowest BCUT2D eigenvalue weighted by Crippen LogP contribution is -2.46. The van der Waals surface area contributed by atoms with Gasteiger partial charge in [0.15, 0.2) is 0 Å². The van der Waals surface area contributed by atoms with Gasteiger partial charge in [-0.25, -0.2) is 8.42 Å². The summed E-state index contributed by atoms with van der Waals surface area (Å²) in [5.74, 6) is -1.12. The summed E-state index contributed by atoms with van der Waals surface area (Å²) in [6.45, 7) is 3.74. The molecular weight excluding hydrogens is 528 g/mol. The van der Waals surface area contributed by atoms with E-state index in [0.717, 1.165) is 19.3 Å². The molecule has 0 aliphatic rings. The average Bonchev–Trinajstić information content (AvgIpc) is 2.94. The van der Waals surface area contributed by atoms with E-state index >= 15 is 0 Å². The van der Waals surface area contributed by atoms with Crippen LogP contribution in [0.4, 0.5) is 5.69 Å². The van der Waals surface area contributed by atoms with Gasteiger partial charge in [0, 0.05) is 12.6 Å². The molecule has 0 bridgehead atoms. The van der Waals surface area contributed by atoms with Gasteiger partial charge in [-0.3, -0.25) is 9.59 Å². The molecule has 0 aromatic heterocycles. The van der Waals surface area contributed by atoms with Crippen molar-refractivity contribution in [2.24, 2.45) is 0 Å². The number of hydrogen-bond donors (Lipinski definition) is 3. The zero-order chi connectivity index (χ0) is 29.2. The first-order chi connectivity index (χ1) is 19.2. The third-order valence-corrected chi connectivity index (χ3v) is 8.18. The van der Waals surface area contributed by atoms with Crippen molar-refractivity contribution in [3.8, 4) is 0 Å². The van der Waals surface area contributed by atoms with Gasteiger partial charge in [0.25, 0.3) is 0 Å². The lowest BCUT2D eigenvalue weighted by molar-refractivity contribution is -0.148. The van der Waals surface area contributed by atoms with Crippen molar-refractivity contribution < 1.29 is 27.9 Å². The molecule has 3 N–H and O–H groups in total.